The normalized spacial score (nSPS) is 13.1. The Morgan fingerprint density at radius 1 is 1.12 bits per heavy atom. The molecule has 1 saturated carbocycles. The first-order valence-corrected chi connectivity index (χ1v) is 8.62. The van der Waals surface area contributed by atoms with Crippen molar-refractivity contribution in [3.8, 4) is 11.5 Å². The number of carbonyl (C=O) groups is 3. The van der Waals surface area contributed by atoms with E-state index in [0.717, 1.165) is 19.3 Å². The second kappa shape index (κ2) is 9.07. The van der Waals surface area contributed by atoms with Gasteiger partial charge in [-0.05, 0) is 43.4 Å². The Hall–Kier alpha value is -2.77. The summed E-state index contributed by atoms with van der Waals surface area (Å²) in [5.41, 5.74) is 4.56. The number of rotatable bonds is 7. The summed E-state index contributed by atoms with van der Waals surface area (Å²) in [4.78, 5) is 35.3. The quantitative estimate of drug-likeness (QED) is 0.498. The van der Waals surface area contributed by atoms with Gasteiger partial charge in [-0.2, -0.15) is 0 Å². The topological polar surface area (TPSA) is 106 Å². The van der Waals surface area contributed by atoms with Crippen molar-refractivity contribution in [3.63, 3.8) is 0 Å². The highest BCUT2D eigenvalue weighted by Crippen LogP contribution is 2.28. The van der Waals surface area contributed by atoms with Crippen molar-refractivity contribution in [1.29, 1.82) is 0 Å². The SMILES string of the molecule is COc1cc(C(=O)NNC(=O)C(=O)NC2CC2)ccc1OCCC(C)C. The summed E-state index contributed by atoms with van der Waals surface area (Å²) in [6, 6.07) is 4.77. The number of benzene rings is 1. The first-order valence-electron chi connectivity index (χ1n) is 8.62. The van der Waals surface area contributed by atoms with Crippen LogP contribution in [0.2, 0.25) is 0 Å². The summed E-state index contributed by atoms with van der Waals surface area (Å²) < 4.78 is 10.9. The van der Waals surface area contributed by atoms with Crippen molar-refractivity contribution in [2.75, 3.05) is 13.7 Å². The van der Waals surface area contributed by atoms with Gasteiger partial charge in [0.1, 0.15) is 0 Å². The third-order valence-electron chi connectivity index (χ3n) is 3.79. The Morgan fingerprint density at radius 2 is 1.85 bits per heavy atom. The van der Waals surface area contributed by atoms with Crippen LogP contribution in [0, 0.1) is 5.92 Å². The highest BCUT2D eigenvalue weighted by Gasteiger charge is 2.26. The van der Waals surface area contributed by atoms with Gasteiger partial charge in [0.25, 0.3) is 5.91 Å². The lowest BCUT2D eigenvalue weighted by atomic mass is 10.1. The number of amides is 3. The van der Waals surface area contributed by atoms with Crippen LogP contribution in [0.15, 0.2) is 18.2 Å². The first-order chi connectivity index (χ1) is 12.4. The molecule has 0 radical (unpaired) electrons. The standard InChI is InChI=1S/C18H25N3O5/c1-11(2)8-9-26-14-7-4-12(10-15(14)25-3)16(22)20-21-18(24)17(23)19-13-5-6-13/h4,7,10-11,13H,5-6,8-9H2,1-3H3,(H,19,23)(H,20,22)(H,21,24). The van der Waals surface area contributed by atoms with Crippen molar-refractivity contribution >= 4 is 17.7 Å². The van der Waals surface area contributed by atoms with Gasteiger partial charge in [-0.25, -0.2) is 0 Å². The largest absolute Gasteiger partial charge is 0.493 e. The molecule has 0 unspecified atom stereocenters. The van der Waals surface area contributed by atoms with Crippen molar-refractivity contribution < 1.29 is 23.9 Å². The van der Waals surface area contributed by atoms with E-state index in [1.54, 1.807) is 12.1 Å². The van der Waals surface area contributed by atoms with Crippen LogP contribution in [0.1, 0.15) is 43.5 Å². The van der Waals surface area contributed by atoms with Crippen LogP contribution < -0.4 is 25.6 Å². The fourth-order valence-corrected chi connectivity index (χ4v) is 2.05. The molecule has 8 heteroatoms. The molecule has 3 amide bonds. The molecule has 2 rings (SSSR count). The minimum Gasteiger partial charge on any atom is -0.493 e. The van der Waals surface area contributed by atoms with Crippen LogP contribution in [-0.4, -0.2) is 37.5 Å². The third-order valence-corrected chi connectivity index (χ3v) is 3.79. The number of hydrogen-bond donors (Lipinski definition) is 3. The van der Waals surface area contributed by atoms with E-state index in [1.807, 2.05) is 0 Å². The molecule has 0 heterocycles. The monoisotopic (exact) mass is 363 g/mol. The lowest BCUT2D eigenvalue weighted by Crippen LogP contribution is -2.48. The van der Waals surface area contributed by atoms with E-state index in [0.29, 0.717) is 24.0 Å². The van der Waals surface area contributed by atoms with E-state index >= 15 is 0 Å². The highest BCUT2D eigenvalue weighted by molar-refractivity contribution is 6.35. The number of hydrazine groups is 1. The number of carbonyl (C=O) groups excluding carboxylic acids is 3. The molecular formula is C18H25N3O5. The molecule has 142 valence electrons. The molecule has 0 saturated heterocycles. The summed E-state index contributed by atoms with van der Waals surface area (Å²) >= 11 is 0. The van der Waals surface area contributed by atoms with Gasteiger partial charge in [-0.1, -0.05) is 13.8 Å². The highest BCUT2D eigenvalue weighted by atomic mass is 16.5. The second-order valence-corrected chi connectivity index (χ2v) is 6.55. The minimum absolute atomic E-state index is 0.0662. The molecule has 1 fully saturated rings. The van der Waals surface area contributed by atoms with Crippen molar-refractivity contribution in [1.82, 2.24) is 16.2 Å². The zero-order valence-corrected chi connectivity index (χ0v) is 15.3. The van der Waals surface area contributed by atoms with Gasteiger partial charge in [-0.15, -0.1) is 0 Å². The lowest BCUT2D eigenvalue weighted by Gasteiger charge is -2.13. The molecule has 1 aromatic rings. The van der Waals surface area contributed by atoms with E-state index < -0.39 is 17.7 Å². The van der Waals surface area contributed by atoms with Crippen LogP contribution in [-0.2, 0) is 9.59 Å². The molecule has 8 nitrogen and oxygen atoms in total. The Morgan fingerprint density at radius 3 is 2.46 bits per heavy atom. The van der Waals surface area contributed by atoms with E-state index in [-0.39, 0.29) is 11.6 Å². The number of nitrogens with one attached hydrogen (secondary N) is 3. The second-order valence-electron chi connectivity index (χ2n) is 6.55. The van der Waals surface area contributed by atoms with E-state index in [4.69, 9.17) is 9.47 Å². The Labute approximate surface area is 152 Å². The Kier molecular flexibility index (Phi) is 6.82. The summed E-state index contributed by atoms with van der Waals surface area (Å²) in [5, 5.41) is 2.53. The smallest absolute Gasteiger partial charge is 0.327 e. The maximum Gasteiger partial charge on any atom is 0.327 e. The van der Waals surface area contributed by atoms with Crippen molar-refractivity contribution in [3.05, 3.63) is 23.8 Å². The zero-order chi connectivity index (χ0) is 19.1. The van der Waals surface area contributed by atoms with Gasteiger partial charge in [0.05, 0.1) is 13.7 Å². The molecule has 26 heavy (non-hydrogen) atoms. The first kappa shape index (κ1) is 19.6. The molecule has 1 aliphatic carbocycles. The summed E-state index contributed by atoms with van der Waals surface area (Å²) in [6.45, 7) is 4.76. The molecule has 3 N–H and O–H groups in total. The maximum atomic E-state index is 12.1. The summed E-state index contributed by atoms with van der Waals surface area (Å²) in [6.07, 6.45) is 2.65. The van der Waals surface area contributed by atoms with Gasteiger partial charge in [-0.3, -0.25) is 25.2 Å². The number of ether oxygens (including phenoxy) is 2. The van der Waals surface area contributed by atoms with Gasteiger partial charge in [0.2, 0.25) is 0 Å². The van der Waals surface area contributed by atoms with Crippen molar-refractivity contribution in [2.45, 2.75) is 39.2 Å². The lowest BCUT2D eigenvalue weighted by molar-refractivity contribution is -0.139. The van der Waals surface area contributed by atoms with Crippen LogP contribution in [0.3, 0.4) is 0 Å². The Balaban J connectivity index is 1.89. The predicted octanol–water partition coefficient (Wildman–Crippen LogP) is 1.16. The molecule has 1 aliphatic rings. The van der Waals surface area contributed by atoms with E-state index in [2.05, 4.69) is 30.0 Å². The van der Waals surface area contributed by atoms with Gasteiger partial charge < -0.3 is 14.8 Å². The molecule has 0 aliphatic heterocycles. The fraction of sp³-hybridized carbons (Fsp3) is 0.500. The van der Waals surface area contributed by atoms with Gasteiger partial charge in [0, 0.05) is 11.6 Å². The van der Waals surface area contributed by atoms with Crippen LogP contribution in [0.5, 0.6) is 11.5 Å². The molecule has 0 aromatic heterocycles. The maximum absolute atomic E-state index is 12.1. The Bertz CT molecular complexity index is 671. The zero-order valence-electron chi connectivity index (χ0n) is 15.3. The summed E-state index contributed by atoms with van der Waals surface area (Å²) in [7, 11) is 1.48. The number of hydrogen-bond acceptors (Lipinski definition) is 5. The average molecular weight is 363 g/mol. The predicted molar refractivity (Wildman–Crippen MR) is 94.7 cm³/mol. The molecule has 0 atom stereocenters. The summed E-state index contributed by atoms with van der Waals surface area (Å²) in [5.74, 6) is -0.765. The molecule has 0 spiro atoms. The van der Waals surface area contributed by atoms with E-state index in [9.17, 15) is 14.4 Å². The van der Waals surface area contributed by atoms with Crippen LogP contribution >= 0.6 is 0 Å². The molecular weight excluding hydrogens is 338 g/mol. The average Bonchev–Trinajstić information content (AvgIpc) is 3.43. The molecule has 1 aromatic carbocycles. The number of methoxy groups -OCH3 is 1. The van der Waals surface area contributed by atoms with Crippen LogP contribution in [0.25, 0.3) is 0 Å². The van der Waals surface area contributed by atoms with Crippen LogP contribution in [0.4, 0.5) is 0 Å². The van der Waals surface area contributed by atoms with Gasteiger partial charge in [0.15, 0.2) is 11.5 Å². The van der Waals surface area contributed by atoms with Crippen molar-refractivity contribution in [2.24, 2.45) is 5.92 Å². The van der Waals surface area contributed by atoms with E-state index in [1.165, 1.54) is 13.2 Å². The molecule has 0 bridgehead atoms. The third kappa shape index (κ3) is 5.94. The van der Waals surface area contributed by atoms with Gasteiger partial charge >= 0.3 is 11.8 Å². The minimum atomic E-state index is -0.911. The fourth-order valence-electron chi connectivity index (χ4n) is 2.05.